The molecule has 2 unspecified atom stereocenters. The lowest BCUT2D eigenvalue weighted by molar-refractivity contribution is -0.137. The molecule has 0 spiro atoms. The number of carbonyl (C=O) groups is 1. The standard InChI is InChI=1S/C18H26N2O.ClH/c21-18(16-8-4-12-19-14-16)20-13-5-9-17(20)11-10-15-6-2-1-3-7-15;/h1-3,6-7,16-17,19H,4-5,8-14H2;1H. The highest BCUT2D eigenvalue weighted by Gasteiger charge is 2.33. The minimum Gasteiger partial charge on any atom is -0.339 e. The molecule has 0 aromatic heterocycles. The highest BCUT2D eigenvalue weighted by molar-refractivity contribution is 5.85. The Hall–Kier alpha value is -1.06. The van der Waals surface area contributed by atoms with Gasteiger partial charge in [-0.3, -0.25) is 4.79 Å². The van der Waals surface area contributed by atoms with Gasteiger partial charge in [-0.15, -0.1) is 12.4 Å². The first-order valence-electron chi connectivity index (χ1n) is 8.40. The fourth-order valence-electron chi connectivity index (χ4n) is 3.70. The Morgan fingerprint density at radius 1 is 1.18 bits per heavy atom. The minimum absolute atomic E-state index is 0. The lowest BCUT2D eigenvalue weighted by atomic mass is 9.97. The van der Waals surface area contributed by atoms with E-state index in [9.17, 15) is 4.79 Å². The monoisotopic (exact) mass is 322 g/mol. The largest absolute Gasteiger partial charge is 0.339 e. The number of amides is 1. The molecular formula is C18H27ClN2O. The van der Waals surface area contributed by atoms with Crippen LogP contribution in [-0.2, 0) is 11.2 Å². The third-order valence-corrected chi connectivity index (χ3v) is 4.92. The van der Waals surface area contributed by atoms with Crippen LogP contribution in [0.25, 0.3) is 0 Å². The van der Waals surface area contributed by atoms with E-state index in [4.69, 9.17) is 0 Å². The zero-order valence-electron chi connectivity index (χ0n) is 13.2. The topological polar surface area (TPSA) is 32.3 Å². The summed E-state index contributed by atoms with van der Waals surface area (Å²) in [6.45, 7) is 2.91. The Morgan fingerprint density at radius 3 is 2.73 bits per heavy atom. The van der Waals surface area contributed by atoms with Gasteiger partial charge in [0.2, 0.25) is 5.91 Å². The molecular weight excluding hydrogens is 296 g/mol. The smallest absolute Gasteiger partial charge is 0.227 e. The molecule has 2 heterocycles. The van der Waals surface area contributed by atoms with Crippen LogP contribution < -0.4 is 5.32 Å². The Kier molecular flexibility index (Phi) is 6.71. The van der Waals surface area contributed by atoms with Crippen molar-refractivity contribution in [3.05, 3.63) is 35.9 Å². The maximum Gasteiger partial charge on any atom is 0.227 e. The van der Waals surface area contributed by atoms with E-state index in [-0.39, 0.29) is 18.3 Å². The van der Waals surface area contributed by atoms with Gasteiger partial charge in [0.25, 0.3) is 0 Å². The number of hydrogen-bond acceptors (Lipinski definition) is 2. The van der Waals surface area contributed by atoms with Gasteiger partial charge in [0.15, 0.2) is 0 Å². The highest BCUT2D eigenvalue weighted by Crippen LogP contribution is 2.25. The van der Waals surface area contributed by atoms with E-state index in [1.54, 1.807) is 0 Å². The number of nitrogens with zero attached hydrogens (tertiary/aromatic N) is 1. The van der Waals surface area contributed by atoms with Gasteiger partial charge in [0.1, 0.15) is 0 Å². The van der Waals surface area contributed by atoms with E-state index in [0.717, 1.165) is 45.3 Å². The first-order valence-corrected chi connectivity index (χ1v) is 8.40. The number of benzene rings is 1. The van der Waals surface area contributed by atoms with E-state index in [0.29, 0.717) is 11.9 Å². The number of nitrogens with one attached hydrogen (secondary N) is 1. The molecule has 4 heteroatoms. The summed E-state index contributed by atoms with van der Waals surface area (Å²) in [7, 11) is 0. The second-order valence-corrected chi connectivity index (χ2v) is 6.40. The van der Waals surface area contributed by atoms with Crippen LogP contribution in [-0.4, -0.2) is 36.5 Å². The van der Waals surface area contributed by atoms with Gasteiger partial charge < -0.3 is 10.2 Å². The van der Waals surface area contributed by atoms with Crippen molar-refractivity contribution >= 4 is 18.3 Å². The average molecular weight is 323 g/mol. The van der Waals surface area contributed by atoms with Gasteiger partial charge in [-0.1, -0.05) is 30.3 Å². The van der Waals surface area contributed by atoms with Gasteiger partial charge >= 0.3 is 0 Å². The van der Waals surface area contributed by atoms with Crippen LogP contribution in [0.3, 0.4) is 0 Å². The van der Waals surface area contributed by atoms with E-state index < -0.39 is 0 Å². The summed E-state index contributed by atoms with van der Waals surface area (Å²) in [4.78, 5) is 14.9. The molecule has 2 aliphatic heterocycles. The van der Waals surface area contributed by atoms with Crippen molar-refractivity contribution in [1.82, 2.24) is 10.2 Å². The third kappa shape index (κ3) is 4.23. The fourth-order valence-corrected chi connectivity index (χ4v) is 3.70. The molecule has 0 saturated carbocycles. The van der Waals surface area contributed by atoms with Crippen LogP contribution >= 0.6 is 12.4 Å². The first kappa shape index (κ1) is 17.3. The average Bonchev–Trinajstić information content (AvgIpc) is 3.02. The highest BCUT2D eigenvalue weighted by atomic mass is 35.5. The van der Waals surface area contributed by atoms with Gasteiger partial charge in [0, 0.05) is 19.1 Å². The second-order valence-electron chi connectivity index (χ2n) is 6.40. The molecule has 0 aliphatic carbocycles. The Bertz CT molecular complexity index is 459. The zero-order valence-corrected chi connectivity index (χ0v) is 14.0. The number of carbonyl (C=O) groups excluding carboxylic acids is 1. The lowest BCUT2D eigenvalue weighted by Crippen LogP contribution is -2.45. The Balaban J connectivity index is 0.00000176. The van der Waals surface area contributed by atoms with Crippen molar-refractivity contribution in [3.63, 3.8) is 0 Å². The Labute approximate surface area is 139 Å². The van der Waals surface area contributed by atoms with Crippen molar-refractivity contribution in [2.45, 2.75) is 44.6 Å². The minimum atomic E-state index is 0. The quantitative estimate of drug-likeness (QED) is 0.924. The zero-order chi connectivity index (χ0) is 14.5. The van der Waals surface area contributed by atoms with Crippen molar-refractivity contribution in [1.29, 1.82) is 0 Å². The predicted octanol–water partition coefficient (Wildman–Crippen LogP) is 3.03. The van der Waals surface area contributed by atoms with Gasteiger partial charge in [-0.25, -0.2) is 0 Å². The summed E-state index contributed by atoms with van der Waals surface area (Å²) < 4.78 is 0. The summed E-state index contributed by atoms with van der Waals surface area (Å²) in [6.07, 6.45) is 6.74. The third-order valence-electron chi connectivity index (χ3n) is 4.92. The normalized spacial score (nSPS) is 24.8. The molecule has 3 nitrogen and oxygen atoms in total. The molecule has 22 heavy (non-hydrogen) atoms. The number of aryl methyl sites for hydroxylation is 1. The van der Waals surface area contributed by atoms with Crippen LogP contribution in [0, 0.1) is 5.92 Å². The maximum atomic E-state index is 12.7. The summed E-state index contributed by atoms with van der Waals surface area (Å²) in [5.41, 5.74) is 1.39. The van der Waals surface area contributed by atoms with E-state index in [1.807, 2.05) is 0 Å². The molecule has 122 valence electrons. The summed E-state index contributed by atoms with van der Waals surface area (Å²) in [6, 6.07) is 11.1. The van der Waals surface area contributed by atoms with E-state index in [1.165, 1.54) is 18.4 Å². The molecule has 1 amide bonds. The fraction of sp³-hybridized carbons (Fsp3) is 0.611. The van der Waals surface area contributed by atoms with Crippen LogP contribution in [0.5, 0.6) is 0 Å². The summed E-state index contributed by atoms with van der Waals surface area (Å²) >= 11 is 0. The SMILES string of the molecule is Cl.O=C(C1CCCNC1)N1CCCC1CCc1ccccc1. The van der Waals surface area contributed by atoms with Crippen molar-refractivity contribution in [2.75, 3.05) is 19.6 Å². The van der Waals surface area contributed by atoms with Gasteiger partial charge in [-0.2, -0.15) is 0 Å². The molecule has 3 rings (SSSR count). The molecule has 2 aliphatic rings. The molecule has 0 radical (unpaired) electrons. The maximum absolute atomic E-state index is 12.7. The van der Waals surface area contributed by atoms with Crippen LogP contribution in [0.1, 0.15) is 37.7 Å². The Morgan fingerprint density at radius 2 is 2.00 bits per heavy atom. The molecule has 2 saturated heterocycles. The number of rotatable bonds is 4. The van der Waals surface area contributed by atoms with Crippen molar-refractivity contribution < 1.29 is 4.79 Å². The number of likely N-dealkylation sites (tertiary alicyclic amines) is 1. The summed E-state index contributed by atoms with van der Waals surface area (Å²) in [5.74, 6) is 0.619. The van der Waals surface area contributed by atoms with Gasteiger partial charge in [0.05, 0.1) is 5.92 Å². The van der Waals surface area contributed by atoms with Gasteiger partial charge in [-0.05, 0) is 50.6 Å². The molecule has 1 aromatic carbocycles. The van der Waals surface area contributed by atoms with Crippen LogP contribution in [0.2, 0.25) is 0 Å². The molecule has 1 N–H and O–H groups in total. The molecule has 1 aromatic rings. The van der Waals surface area contributed by atoms with Crippen molar-refractivity contribution in [3.8, 4) is 0 Å². The number of piperidine rings is 1. The van der Waals surface area contributed by atoms with Crippen LogP contribution in [0.15, 0.2) is 30.3 Å². The second kappa shape index (κ2) is 8.54. The van der Waals surface area contributed by atoms with Crippen LogP contribution in [0.4, 0.5) is 0 Å². The number of hydrogen-bond donors (Lipinski definition) is 1. The predicted molar refractivity (Wildman–Crippen MR) is 92.3 cm³/mol. The number of halogens is 1. The molecule has 2 fully saturated rings. The van der Waals surface area contributed by atoms with E-state index >= 15 is 0 Å². The van der Waals surface area contributed by atoms with Crippen molar-refractivity contribution in [2.24, 2.45) is 5.92 Å². The van der Waals surface area contributed by atoms with E-state index in [2.05, 4.69) is 40.5 Å². The molecule has 2 atom stereocenters. The first-order chi connectivity index (χ1) is 10.3. The summed E-state index contributed by atoms with van der Waals surface area (Å²) in [5, 5.41) is 3.36. The molecule has 0 bridgehead atoms. The lowest BCUT2D eigenvalue weighted by Gasteiger charge is -2.31.